The number of hydrogen-bond acceptors (Lipinski definition) is 3. The van der Waals surface area contributed by atoms with Crippen molar-refractivity contribution < 1.29 is 17.6 Å². The molecule has 0 unspecified atom stereocenters. The molecule has 1 N–H and O–H groups in total. The summed E-state index contributed by atoms with van der Waals surface area (Å²) in [5.74, 6) is -0.651. The third-order valence-corrected chi connectivity index (χ3v) is 3.86. The number of anilines is 2. The Kier molecular flexibility index (Phi) is 4.33. The van der Waals surface area contributed by atoms with Gasteiger partial charge in [-0.25, -0.2) is 9.40 Å². The molecule has 0 bridgehead atoms. The molecule has 2 aromatic carbocycles. The monoisotopic (exact) mass is 377 g/mol. The zero-order chi connectivity index (χ0) is 17.5. The van der Waals surface area contributed by atoms with Gasteiger partial charge in [0.2, 0.25) is 0 Å². The maximum atomic E-state index is 14.0. The summed E-state index contributed by atoms with van der Waals surface area (Å²) in [5, 5.41) is 2.11. The van der Waals surface area contributed by atoms with Crippen molar-refractivity contribution in [3.63, 3.8) is 0 Å². The van der Waals surface area contributed by atoms with Gasteiger partial charge < -0.3 is 0 Å². The number of halogens is 6. The highest BCUT2D eigenvalue weighted by molar-refractivity contribution is 6.34. The second kappa shape index (κ2) is 6.16. The standard InChI is InChI=1S/C15H9Cl2F4N3/c16-10-5-3-6-11(18)14(10)23-8-13(17)24(22-23)12-7-2-1-4-9(12)15(19,20)21/h1-8,22H. The molecule has 126 valence electrons. The Hall–Kier alpha value is -1.96. The minimum Gasteiger partial charge on any atom is -0.258 e. The van der Waals surface area contributed by atoms with E-state index in [1.54, 1.807) is 0 Å². The number of nitrogens with zero attached hydrogens (tertiary/aromatic N) is 2. The van der Waals surface area contributed by atoms with Crippen LogP contribution in [0.1, 0.15) is 5.56 Å². The molecule has 0 fully saturated rings. The molecule has 1 aliphatic rings. The molecular weight excluding hydrogens is 369 g/mol. The minimum atomic E-state index is -4.57. The highest BCUT2D eigenvalue weighted by Gasteiger charge is 2.37. The SMILES string of the molecule is Fc1cccc(Cl)c1N1C=C(Cl)N(c2ccccc2C(F)(F)F)N1. The van der Waals surface area contributed by atoms with Gasteiger partial charge in [-0.05, 0) is 24.3 Å². The van der Waals surface area contributed by atoms with Crippen LogP contribution >= 0.6 is 23.2 Å². The molecule has 2 aromatic rings. The van der Waals surface area contributed by atoms with Crippen LogP contribution in [0.2, 0.25) is 5.02 Å². The summed E-state index contributed by atoms with van der Waals surface area (Å²) in [4.78, 5) is 0. The lowest BCUT2D eigenvalue weighted by Gasteiger charge is -2.26. The number of hydrogen-bond donors (Lipinski definition) is 1. The Morgan fingerprint density at radius 3 is 2.33 bits per heavy atom. The largest absolute Gasteiger partial charge is 0.418 e. The van der Waals surface area contributed by atoms with E-state index in [1.165, 1.54) is 42.6 Å². The van der Waals surface area contributed by atoms with Gasteiger partial charge >= 0.3 is 6.18 Å². The fraction of sp³-hybridized carbons (Fsp3) is 0.0667. The highest BCUT2D eigenvalue weighted by Crippen LogP contribution is 2.39. The van der Waals surface area contributed by atoms with E-state index in [2.05, 4.69) is 5.53 Å². The van der Waals surface area contributed by atoms with E-state index in [4.69, 9.17) is 23.2 Å². The van der Waals surface area contributed by atoms with Crippen molar-refractivity contribution in [3.05, 3.63) is 70.2 Å². The molecular formula is C15H9Cl2F4N3. The first-order valence-electron chi connectivity index (χ1n) is 6.62. The van der Waals surface area contributed by atoms with Gasteiger partial charge in [-0.1, -0.05) is 41.4 Å². The molecule has 3 rings (SSSR count). The number of para-hydroxylation sites is 2. The Labute approximate surface area is 144 Å². The summed E-state index contributed by atoms with van der Waals surface area (Å²) in [5.41, 5.74) is 1.43. The summed E-state index contributed by atoms with van der Waals surface area (Å²) in [6, 6.07) is 8.94. The van der Waals surface area contributed by atoms with Crippen LogP contribution in [0.4, 0.5) is 28.9 Å². The van der Waals surface area contributed by atoms with Crippen molar-refractivity contribution in [2.45, 2.75) is 6.18 Å². The summed E-state index contributed by atoms with van der Waals surface area (Å²) in [6.07, 6.45) is -3.34. The van der Waals surface area contributed by atoms with E-state index in [-0.39, 0.29) is 21.6 Å². The van der Waals surface area contributed by atoms with Gasteiger partial charge in [-0.15, -0.1) is 5.53 Å². The zero-order valence-corrected chi connectivity index (χ0v) is 13.3. The predicted molar refractivity (Wildman–Crippen MR) is 84.9 cm³/mol. The van der Waals surface area contributed by atoms with E-state index < -0.39 is 17.6 Å². The maximum Gasteiger partial charge on any atom is 0.418 e. The third kappa shape index (κ3) is 3.02. The van der Waals surface area contributed by atoms with E-state index in [0.717, 1.165) is 16.1 Å². The number of rotatable bonds is 2. The molecule has 0 amide bonds. The van der Waals surface area contributed by atoms with Crippen molar-refractivity contribution >= 4 is 34.6 Å². The second-order valence-corrected chi connectivity index (χ2v) is 5.64. The molecule has 1 aliphatic heterocycles. The lowest BCUT2D eigenvalue weighted by atomic mass is 10.1. The van der Waals surface area contributed by atoms with E-state index in [0.29, 0.717) is 0 Å². The van der Waals surface area contributed by atoms with Crippen LogP contribution in [0.5, 0.6) is 0 Å². The van der Waals surface area contributed by atoms with Crippen LogP contribution in [-0.2, 0) is 6.18 Å². The summed E-state index contributed by atoms with van der Waals surface area (Å²) in [7, 11) is 0. The third-order valence-electron chi connectivity index (χ3n) is 3.29. The number of alkyl halides is 3. The second-order valence-electron chi connectivity index (χ2n) is 4.84. The van der Waals surface area contributed by atoms with Gasteiger partial charge in [-0.2, -0.15) is 13.2 Å². The van der Waals surface area contributed by atoms with Gasteiger partial charge in [0.05, 0.1) is 22.5 Å². The quantitative estimate of drug-likeness (QED) is 0.567. The maximum absolute atomic E-state index is 14.0. The fourth-order valence-electron chi connectivity index (χ4n) is 2.26. The van der Waals surface area contributed by atoms with Crippen LogP contribution < -0.4 is 15.6 Å². The molecule has 0 atom stereocenters. The first kappa shape index (κ1) is 16.9. The average Bonchev–Trinajstić information content (AvgIpc) is 2.87. The van der Waals surface area contributed by atoms with Crippen molar-refractivity contribution in [2.24, 2.45) is 0 Å². The molecule has 0 saturated carbocycles. The zero-order valence-electron chi connectivity index (χ0n) is 11.8. The Bertz CT molecular complexity index is 787. The first-order chi connectivity index (χ1) is 11.3. The number of benzene rings is 2. The van der Waals surface area contributed by atoms with Crippen molar-refractivity contribution in [1.82, 2.24) is 5.53 Å². The molecule has 1 heterocycles. The smallest absolute Gasteiger partial charge is 0.258 e. The van der Waals surface area contributed by atoms with Crippen LogP contribution in [0.15, 0.2) is 53.8 Å². The minimum absolute atomic E-state index is 0.0516. The number of hydrazine groups is 2. The predicted octanol–water partition coefficient (Wildman–Crippen LogP) is 5.28. The molecule has 0 radical (unpaired) electrons. The van der Waals surface area contributed by atoms with Gasteiger partial charge in [0.25, 0.3) is 0 Å². The van der Waals surface area contributed by atoms with Crippen LogP contribution in [0, 0.1) is 5.82 Å². The molecule has 9 heteroatoms. The lowest BCUT2D eigenvalue weighted by Crippen LogP contribution is -2.41. The van der Waals surface area contributed by atoms with Crippen molar-refractivity contribution in [1.29, 1.82) is 0 Å². The fourth-order valence-corrected chi connectivity index (χ4v) is 2.74. The van der Waals surface area contributed by atoms with Gasteiger partial charge in [-0.3, -0.25) is 5.01 Å². The first-order valence-corrected chi connectivity index (χ1v) is 7.38. The molecule has 0 aliphatic carbocycles. The van der Waals surface area contributed by atoms with E-state index >= 15 is 0 Å². The lowest BCUT2D eigenvalue weighted by molar-refractivity contribution is -0.137. The average molecular weight is 378 g/mol. The van der Waals surface area contributed by atoms with Crippen LogP contribution in [0.25, 0.3) is 0 Å². The summed E-state index contributed by atoms with van der Waals surface area (Å²) in [6.45, 7) is 0. The topological polar surface area (TPSA) is 18.5 Å². The number of nitrogens with one attached hydrogen (secondary N) is 1. The summed E-state index contributed by atoms with van der Waals surface area (Å²) >= 11 is 12.0. The molecule has 0 saturated heterocycles. The van der Waals surface area contributed by atoms with E-state index in [9.17, 15) is 17.6 Å². The Morgan fingerprint density at radius 2 is 1.67 bits per heavy atom. The van der Waals surface area contributed by atoms with Gasteiger partial charge in [0.15, 0.2) is 0 Å². The molecule has 24 heavy (non-hydrogen) atoms. The van der Waals surface area contributed by atoms with Crippen molar-refractivity contribution in [3.8, 4) is 0 Å². The van der Waals surface area contributed by atoms with E-state index in [1.807, 2.05) is 0 Å². The van der Waals surface area contributed by atoms with Crippen LogP contribution in [0.3, 0.4) is 0 Å². The molecule has 0 spiro atoms. The van der Waals surface area contributed by atoms with Crippen LogP contribution in [-0.4, -0.2) is 0 Å². The molecule has 3 nitrogen and oxygen atoms in total. The highest BCUT2D eigenvalue weighted by atomic mass is 35.5. The summed E-state index contributed by atoms with van der Waals surface area (Å²) < 4.78 is 53.5. The Balaban J connectivity index is 1.99. The Morgan fingerprint density at radius 1 is 0.958 bits per heavy atom. The van der Waals surface area contributed by atoms with Gasteiger partial charge in [0.1, 0.15) is 16.7 Å². The van der Waals surface area contributed by atoms with Gasteiger partial charge in [0, 0.05) is 0 Å². The van der Waals surface area contributed by atoms with Crippen molar-refractivity contribution in [2.75, 3.05) is 10.0 Å². The molecule has 0 aromatic heterocycles. The normalized spacial score (nSPS) is 15.0.